The summed E-state index contributed by atoms with van der Waals surface area (Å²) < 4.78 is 1.98. The SMILES string of the molecule is CCn1nc(C)c(Cl)c1CC(NN)C1CN(C)CCN1C. The van der Waals surface area contributed by atoms with Gasteiger partial charge < -0.3 is 4.90 Å². The highest BCUT2D eigenvalue weighted by Gasteiger charge is 2.30. The van der Waals surface area contributed by atoms with E-state index < -0.39 is 0 Å². The average Bonchev–Trinajstić information content (AvgIpc) is 2.74. The van der Waals surface area contributed by atoms with E-state index in [1.807, 2.05) is 11.6 Å². The Hall–Kier alpha value is -0.660. The van der Waals surface area contributed by atoms with Crippen molar-refractivity contribution >= 4 is 11.6 Å². The number of rotatable bonds is 5. The Kier molecular flexibility index (Phi) is 5.62. The van der Waals surface area contributed by atoms with Gasteiger partial charge in [0.1, 0.15) is 0 Å². The van der Waals surface area contributed by atoms with Crippen LogP contribution >= 0.6 is 11.6 Å². The number of piperazine rings is 1. The fourth-order valence-electron chi connectivity index (χ4n) is 3.06. The molecule has 0 spiro atoms. The van der Waals surface area contributed by atoms with Crippen LogP contribution in [-0.2, 0) is 13.0 Å². The zero-order valence-corrected chi connectivity index (χ0v) is 14.2. The molecule has 7 heteroatoms. The van der Waals surface area contributed by atoms with Gasteiger partial charge in [0.25, 0.3) is 0 Å². The van der Waals surface area contributed by atoms with Crippen molar-refractivity contribution in [1.29, 1.82) is 0 Å². The van der Waals surface area contributed by atoms with Gasteiger partial charge in [0, 0.05) is 44.7 Å². The molecule has 120 valence electrons. The highest BCUT2D eigenvalue weighted by molar-refractivity contribution is 6.31. The number of halogens is 1. The number of likely N-dealkylation sites (N-methyl/N-ethyl adjacent to an activating group) is 2. The molecule has 2 heterocycles. The predicted molar refractivity (Wildman–Crippen MR) is 86.4 cm³/mol. The van der Waals surface area contributed by atoms with Gasteiger partial charge in [-0.1, -0.05) is 11.6 Å². The van der Waals surface area contributed by atoms with Gasteiger partial charge in [-0.15, -0.1) is 0 Å². The summed E-state index contributed by atoms with van der Waals surface area (Å²) in [7, 11) is 4.31. The third kappa shape index (κ3) is 3.57. The fraction of sp³-hybridized carbons (Fsp3) is 0.786. The summed E-state index contributed by atoms with van der Waals surface area (Å²) in [5.41, 5.74) is 4.95. The molecule has 0 saturated carbocycles. The minimum atomic E-state index is 0.150. The number of hydrazine groups is 1. The first-order chi connectivity index (χ1) is 9.97. The summed E-state index contributed by atoms with van der Waals surface area (Å²) in [6, 6.07) is 0.516. The number of nitrogens with two attached hydrogens (primary N) is 1. The Morgan fingerprint density at radius 2 is 2.14 bits per heavy atom. The van der Waals surface area contributed by atoms with E-state index in [-0.39, 0.29) is 6.04 Å². The van der Waals surface area contributed by atoms with Crippen molar-refractivity contribution in [3.05, 3.63) is 16.4 Å². The minimum absolute atomic E-state index is 0.150. The molecule has 3 N–H and O–H groups in total. The number of hydrogen-bond acceptors (Lipinski definition) is 5. The van der Waals surface area contributed by atoms with Gasteiger partial charge >= 0.3 is 0 Å². The van der Waals surface area contributed by atoms with Gasteiger partial charge in [0.05, 0.1) is 16.4 Å². The lowest BCUT2D eigenvalue weighted by atomic mass is 9.99. The van der Waals surface area contributed by atoms with Crippen molar-refractivity contribution in [1.82, 2.24) is 25.0 Å². The van der Waals surface area contributed by atoms with E-state index in [1.54, 1.807) is 0 Å². The van der Waals surface area contributed by atoms with Crippen molar-refractivity contribution in [2.75, 3.05) is 33.7 Å². The van der Waals surface area contributed by atoms with Gasteiger partial charge in [-0.25, -0.2) is 0 Å². The smallest absolute Gasteiger partial charge is 0.0847 e. The van der Waals surface area contributed by atoms with Crippen molar-refractivity contribution in [2.45, 2.75) is 38.9 Å². The minimum Gasteiger partial charge on any atom is -0.303 e. The fourth-order valence-corrected chi connectivity index (χ4v) is 3.27. The van der Waals surface area contributed by atoms with Crippen molar-refractivity contribution in [3.63, 3.8) is 0 Å². The zero-order chi connectivity index (χ0) is 15.6. The molecule has 2 unspecified atom stereocenters. The molecule has 21 heavy (non-hydrogen) atoms. The van der Waals surface area contributed by atoms with Gasteiger partial charge in [-0.3, -0.25) is 20.9 Å². The number of nitrogens with zero attached hydrogens (tertiary/aromatic N) is 4. The van der Waals surface area contributed by atoms with Crippen molar-refractivity contribution in [2.24, 2.45) is 5.84 Å². The first-order valence-corrected chi connectivity index (χ1v) is 7.92. The lowest BCUT2D eigenvalue weighted by Gasteiger charge is -2.41. The normalized spacial score (nSPS) is 22.7. The van der Waals surface area contributed by atoms with Crippen LogP contribution in [0.1, 0.15) is 18.3 Å². The molecule has 0 amide bonds. The molecule has 1 aliphatic rings. The van der Waals surface area contributed by atoms with Crippen LogP contribution in [0.15, 0.2) is 0 Å². The van der Waals surface area contributed by atoms with Gasteiger partial charge in [-0.2, -0.15) is 5.10 Å². The van der Waals surface area contributed by atoms with E-state index >= 15 is 0 Å². The second-order valence-corrected chi connectivity index (χ2v) is 6.33. The topological polar surface area (TPSA) is 62.4 Å². The summed E-state index contributed by atoms with van der Waals surface area (Å²) in [4.78, 5) is 4.72. The maximum atomic E-state index is 6.42. The zero-order valence-electron chi connectivity index (χ0n) is 13.4. The van der Waals surface area contributed by atoms with Crippen molar-refractivity contribution < 1.29 is 0 Å². The van der Waals surface area contributed by atoms with E-state index in [0.29, 0.717) is 6.04 Å². The maximum absolute atomic E-state index is 6.42. The quantitative estimate of drug-likeness (QED) is 0.611. The highest BCUT2D eigenvalue weighted by Crippen LogP contribution is 2.23. The molecule has 0 bridgehead atoms. The van der Waals surface area contributed by atoms with E-state index in [1.165, 1.54) is 0 Å². The van der Waals surface area contributed by atoms with E-state index in [2.05, 4.69) is 41.3 Å². The van der Waals surface area contributed by atoms with Gasteiger partial charge in [0.2, 0.25) is 0 Å². The van der Waals surface area contributed by atoms with Crippen LogP contribution in [0.25, 0.3) is 0 Å². The van der Waals surface area contributed by atoms with E-state index in [9.17, 15) is 0 Å². The van der Waals surface area contributed by atoms with Crippen LogP contribution in [0.5, 0.6) is 0 Å². The Morgan fingerprint density at radius 3 is 2.76 bits per heavy atom. The highest BCUT2D eigenvalue weighted by atomic mass is 35.5. The van der Waals surface area contributed by atoms with Crippen LogP contribution in [0.3, 0.4) is 0 Å². The lowest BCUT2D eigenvalue weighted by molar-refractivity contribution is 0.0871. The summed E-state index contributed by atoms with van der Waals surface area (Å²) in [5, 5.41) is 5.25. The van der Waals surface area contributed by atoms with Crippen LogP contribution in [-0.4, -0.2) is 65.4 Å². The van der Waals surface area contributed by atoms with Gasteiger partial charge in [0.15, 0.2) is 0 Å². The second kappa shape index (κ2) is 7.07. The summed E-state index contributed by atoms with van der Waals surface area (Å²) >= 11 is 6.42. The molecule has 1 fully saturated rings. The largest absolute Gasteiger partial charge is 0.303 e. The van der Waals surface area contributed by atoms with Crippen LogP contribution in [0.4, 0.5) is 0 Å². The molecule has 2 rings (SSSR count). The van der Waals surface area contributed by atoms with Crippen molar-refractivity contribution in [3.8, 4) is 0 Å². The molecule has 1 saturated heterocycles. The first kappa shape index (κ1) is 16.7. The van der Waals surface area contributed by atoms with Crippen LogP contribution < -0.4 is 11.3 Å². The number of nitrogens with one attached hydrogen (secondary N) is 1. The van der Waals surface area contributed by atoms with Crippen LogP contribution in [0.2, 0.25) is 5.02 Å². The Labute approximate surface area is 132 Å². The Balaban J connectivity index is 2.19. The monoisotopic (exact) mass is 314 g/mol. The average molecular weight is 315 g/mol. The molecule has 2 atom stereocenters. The number of hydrogen-bond donors (Lipinski definition) is 2. The number of aryl methyl sites for hydroxylation is 2. The van der Waals surface area contributed by atoms with Gasteiger partial charge in [-0.05, 0) is 27.9 Å². The Morgan fingerprint density at radius 1 is 1.43 bits per heavy atom. The molecule has 0 radical (unpaired) electrons. The molecule has 1 aromatic rings. The molecule has 1 aliphatic heterocycles. The molecule has 0 aromatic carbocycles. The predicted octanol–water partition coefficient (Wildman–Crippen LogP) is 0.485. The molecular weight excluding hydrogens is 288 g/mol. The lowest BCUT2D eigenvalue weighted by Crippen LogP contribution is -2.60. The van der Waals surface area contributed by atoms with Crippen LogP contribution in [0, 0.1) is 6.92 Å². The molecule has 1 aromatic heterocycles. The first-order valence-electron chi connectivity index (χ1n) is 7.54. The number of aromatic nitrogens is 2. The van der Waals surface area contributed by atoms with E-state index in [0.717, 1.165) is 49.0 Å². The maximum Gasteiger partial charge on any atom is 0.0847 e. The summed E-state index contributed by atoms with van der Waals surface area (Å²) in [5.74, 6) is 5.84. The molecular formula is C14H27ClN6. The molecule has 0 aliphatic carbocycles. The summed E-state index contributed by atoms with van der Waals surface area (Å²) in [6.45, 7) is 8.00. The third-order valence-electron chi connectivity index (χ3n) is 4.44. The summed E-state index contributed by atoms with van der Waals surface area (Å²) in [6.07, 6.45) is 0.785. The second-order valence-electron chi connectivity index (χ2n) is 5.95. The molecule has 6 nitrogen and oxygen atoms in total. The third-order valence-corrected chi connectivity index (χ3v) is 4.94. The standard InChI is InChI=1S/C14H27ClN6/c1-5-21-12(14(15)10(2)18-21)8-11(17-16)13-9-19(3)6-7-20(13)4/h11,13,17H,5-9,16H2,1-4H3. The van der Waals surface area contributed by atoms with E-state index in [4.69, 9.17) is 17.4 Å². The Bertz CT molecular complexity index is 474.